The number of rotatable bonds is 4. The van der Waals surface area contributed by atoms with Crippen LogP contribution >= 0.6 is 11.6 Å². The summed E-state index contributed by atoms with van der Waals surface area (Å²) in [6, 6.07) is 6.86. The minimum absolute atomic E-state index is 0.122. The first-order valence-electron chi connectivity index (χ1n) is 7.30. The molecule has 1 aliphatic heterocycles. The normalized spacial score (nSPS) is 19.4. The fourth-order valence-corrected chi connectivity index (χ4v) is 2.69. The van der Waals surface area contributed by atoms with E-state index in [1.165, 1.54) is 7.11 Å². The van der Waals surface area contributed by atoms with Gasteiger partial charge in [0, 0.05) is 18.1 Å². The van der Waals surface area contributed by atoms with E-state index in [0.29, 0.717) is 23.9 Å². The van der Waals surface area contributed by atoms with E-state index in [9.17, 15) is 9.59 Å². The zero-order valence-corrected chi connectivity index (χ0v) is 13.5. The lowest BCUT2D eigenvalue weighted by atomic mass is 9.98. The Balaban J connectivity index is 1.94. The second kappa shape index (κ2) is 7.49. The largest absolute Gasteiger partial charge is 0.481 e. The average Bonchev–Trinajstić information content (AvgIpc) is 2.55. The Morgan fingerprint density at radius 2 is 2.00 bits per heavy atom. The Bertz CT molecular complexity index is 531. The molecule has 0 spiro atoms. The lowest BCUT2D eigenvalue weighted by molar-refractivity contribution is -0.150. The molecule has 0 radical (unpaired) electrons. The molecule has 120 valence electrons. The lowest BCUT2D eigenvalue weighted by Crippen LogP contribution is -2.47. The van der Waals surface area contributed by atoms with E-state index in [-0.39, 0.29) is 17.8 Å². The number of hydrogen-bond donors (Lipinski definition) is 0. The van der Waals surface area contributed by atoms with E-state index < -0.39 is 6.10 Å². The number of likely N-dealkylation sites (tertiary alicyclic amines) is 1. The molecule has 1 aromatic rings. The smallest absolute Gasteiger partial charge is 0.310 e. The zero-order chi connectivity index (χ0) is 16.1. The molecule has 2 atom stereocenters. The average molecular weight is 326 g/mol. The Morgan fingerprint density at radius 1 is 1.32 bits per heavy atom. The number of hydrogen-bond acceptors (Lipinski definition) is 4. The summed E-state index contributed by atoms with van der Waals surface area (Å²) in [7, 11) is 1.37. The number of piperidine rings is 1. The topological polar surface area (TPSA) is 55.8 Å². The van der Waals surface area contributed by atoms with Crippen LogP contribution in [-0.4, -0.2) is 43.1 Å². The number of carbonyl (C=O) groups is 2. The maximum atomic E-state index is 12.4. The highest BCUT2D eigenvalue weighted by atomic mass is 35.5. The van der Waals surface area contributed by atoms with Gasteiger partial charge in [0.05, 0.1) is 13.0 Å². The molecule has 0 aromatic heterocycles. The van der Waals surface area contributed by atoms with Crippen molar-refractivity contribution in [3.05, 3.63) is 29.3 Å². The van der Waals surface area contributed by atoms with Gasteiger partial charge < -0.3 is 14.4 Å². The molecule has 22 heavy (non-hydrogen) atoms. The molecular formula is C16H20ClNO4. The van der Waals surface area contributed by atoms with E-state index in [1.807, 2.05) is 0 Å². The van der Waals surface area contributed by atoms with Gasteiger partial charge in [-0.2, -0.15) is 0 Å². The second-order valence-electron chi connectivity index (χ2n) is 5.36. The molecule has 1 aliphatic rings. The van der Waals surface area contributed by atoms with Crippen LogP contribution in [0.2, 0.25) is 5.02 Å². The van der Waals surface area contributed by atoms with Gasteiger partial charge in [0.1, 0.15) is 5.75 Å². The van der Waals surface area contributed by atoms with Crippen LogP contribution in [0.3, 0.4) is 0 Å². The standard InChI is InChI=1S/C16H20ClNO4/c1-11(22-14-7-5-13(17)6-8-14)15(19)18-9-3-4-12(10-18)16(20)21-2/h5-8,11-12H,3-4,9-10H2,1-2H3. The summed E-state index contributed by atoms with van der Waals surface area (Å²) < 4.78 is 10.4. The van der Waals surface area contributed by atoms with Gasteiger partial charge in [-0.1, -0.05) is 11.6 Å². The summed E-state index contributed by atoms with van der Waals surface area (Å²) in [5.74, 6) is -0.0375. The van der Waals surface area contributed by atoms with Crippen molar-refractivity contribution in [2.75, 3.05) is 20.2 Å². The molecule has 1 heterocycles. The van der Waals surface area contributed by atoms with Crippen molar-refractivity contribution in [3.8, 4) is 5.75 Å². The van der Waals surface area contributed by atoms with Crippen molar-refractivity contribution in [1.82, 2.24) is 4.90 Å². The molecule has 2 unspecified atom stereocenters. The molecule has 1 amide bonds. The van der Waals surface area contributed by atoms with Gasteiger partial charge in [-0.25, -0.2) is 0 Å². The highest BCUT2D eigenvalue weighted by Gasteiger charge is 2.31. The van der Waals surface area contributed by atoms with Crippen LogP contribution in [0.5, 0.6) is 5.75 Å². The van der Waals surface area contributed by atoms with Crippen LogP contribution in [0.4, 0.5) is 0 Å². The summed E-state index contributed by atoms with van der Waals surface area (Å²) >= 11 is 5.82. The number of ether oxygens (including phenoxy) is 2. The van der Waals surface area contributed by atoms with E-state index in [4.69, 9.17) is 21.1 Å². The highest BCUT2D eigenvalue weighted by molar-refractivity contribution is 6.30. The molecule has 1 aromatic carbocycles. The van der Waals surface area contributed by atoms with Gasteiger partial charge in [-0.3, -0.25) is 9.59 Å². The first kappa shape index (κ1) is 16.6. The summed E-state index contributed by atoms with van der Waals surface area (Å²) in [5, 5.41) is 0.614. The van der Waals surface area contributed by atoms with Crippen molar-refractivity contribution < 1.29 is 19.1 Å². The Hall–Kier alpha value is -1.75. The van der Waals surface area contributed by atoms with Crippen molar-refractivity contribution in [1.29, 1.82) is 0 Å². The molecule has 0 saturated carbocycles. The number of esters is 1. The number of amides is 1. The molecule has 2 rings (SSSR count). The third-order valence-corrected chi connectivity index (χ3v) is 3.99. The Labute approximate surface area is 135 Å². The van der Waals surface area contributed by atoms with Crippen LogP contribution in [0.25, 0.3) is 0 Å². The molecule has 5 nitrogen and oxygen atoms in total. The zero-order valence-electron chi connectivity index (χ0n) is 12.8. The van der Waals surface area contributed by atoms with Crippen LogP contribution < -0.4 is 4.74 Å². The van der Waals surface area contributed by atoms with E-state index in [2.05, 4.69) is 0 Å². The Morgan fingerprint density at radius 3 is 2.64 bits per heavy atom. The van der Waals surface area contributed by atoms with Crippen LogP contribution in [-0.2, 0) is 14.3 Å². The fourth-order valence-electron chi connectivity index (χ4n) is 2.56. The van der Waals surface area contributed by atoms with Crippen molar-refractivity contribution >= 4 is 23.5 Å². The molecule has 0 aliphatic carbocycles. The first-order chi connectivity index (χ1) is 10.5. The SMILES string of the molecule is COC(=O)C1CCCN(C(=O)C(C)Oc2ccc(Cl)cc2)C1. The van der Waals surface area contributed by atoms with Crippen molar-refractivity contribution in [3.63, 3.8) is 0 Å². The predicted molar refractivity (Wildman–Crippen MR) is 82.9 cm³/mol. The first-order valence-corrected chi connectivity index (χ1v) is 7.68. The van der Waals surface area contributed by atoms with Crippen molar-refractivity contribution in [2.45, 2.75) is 25.9 Å². The molecule has 1 saturated heterocycles. The van der Waals surface area contributed by atoms with Gasteiger partial charge >= 0.3 is 5.97 Å². The van der Waals surface area contributed by atoms with E-state index in [1.54, 1.807) is 36.1 Å². The van der Waals surface area contributed by atoms with Gasteiger partial charge in [0.25, 0.3) is 5.91 Å². The molecule has 0 N–H and O–H groups in total. The summed E-state index contributed by atoms with van der Waals surface area (Å²) in [4.78, 5) is 25.7. The minimum atomic E-state index is -0.613. The third-order valence-electron chi connectivity index (χ3n) is 3.74. The number of carbonyl (C=O) groups excluding carboxylic acids is 2. The maximum absolute atomic E-state index is 12.4. The highest BCUT2D eigenvalue weighted by Crippen LogP contribution is 2.21. The lowest BCUT2D eigenvalue weighted by Gasteiger charge is -2.33. The molecule has 0 bridgehead atoms. The second-order valence-corrected chi connectivity index (χ2v) is 5.80. The number of methoxy groups -OCH3 is 1. The minimum Gasteiger partial charge on any atom is -0.481 e. The number of benzene rings is 1. The summed E-state index contributed by atoms with van der Waals surface area (Å²) in [5.41, 5.74) is 0. The van der Waals surface area contributed by atoms with Gasteiger partial charge in [-0.15, -0.1) is 0 Å². The van der Waals surface area contributed by atoms with Crippen molar-refractivity contribution in [2.24, 2.45) is 5.92 Å². The molecule has 6 heteroatoms. The Kier molecular flexibility index (Phi) is 5.66. The predicted octanol–water partition coefficient (Wildman–Crippen LogP) is 2.52. The van der Waals surface area contributed by atoms with Crippen LogP contribution in [0.15, 0.2) is 24.3 Å². The van der Waals surface area contributed by atoms with E-state index in [0.717, 1.165) is 12.8 Å². The quantitative estimate of drug-likeness (QED) is 0.798. The van der Waals surface area contributed by atoms with Gasteiger partial charge in [-0.05, 0) is 44.0 Å². The monoisotopic (exact) mass is 325 g/mol. The van der Waals surface area contributed by atoms with Crippen LogP contribution in [0, 0.1) is 5.92 Å². The van der Waals surface area contributed by atoms with Gasteiger partial charge in [0.2, 0.25) is 0 Å². The molecular weight excluding hydrogens is 306 g/mol. The van der Waals surface area contributed by atoms with Gasteiger partial charge in [0.15, 0.2) is 6.10 Å². The third kappa shape index (κ3) is 4.13. The fraction of sp³-hybridized carbons (Fsp3) is 0.500. The number of halogens is 1. The number of nitrogens with zero attached hydrogens (tertiary/aromatic N) is 1. The van der Waals surface area contributed by atoms with Crippen LogP contribution in [0.1, 0.15) is 19.8 Å². The maximum Gasteiger partial charge on any atom is 0.310 e. The van der Waals surface area contributed by atoms with E-state index >= 15 is 0 Å². The molecule has 1 fully saturated rings. The summed E-state index contributed by atoms with van der Waals surface area (Å²) in [6.45, 7) is 2.74. The summed E-state index contributed by atoms with van der Waals surface area (Å²) in [6.07, 6.45) is 0.930.